The average Bonchev–Trinajstić information content (AvgIpc) is 3.52. The van der Waals surface area contributed by atoms with Gasteiger partial charge in [0, 0.05) is 17.8 Å². The fourth-order valence-electron chi connectivity index (χ4n) is 3.80. The van der Waals surface area contributed by atoms with Gasteiger partial charge in [0.15, 0.2) is 5.65 Å². The molecule has 0 bridgehead atoms. The quantitative estimate of drug-likeness (QED) is 0.469. The van der Waals surface area contributed by atoms with Crippen molar-refractivity contribution in [3.63, 3.8) is 0 Å². The second-order valence-electron chi connectivity index (χ2n) is 7.07. The molecule has 0 radical (unpaired) electrons. The lowest BCUT2D eigenvalue weighted by atomic mass is 10.1. The van der Waals surface area contributed by atoms with Gasteiger partial charge in [-0.1, -0.05) is 12.1 Å². The predicted octanol–water partition coefficient (Wildman–Crippen LogP) is 1.91. The van der Waals surface area contributed by atoms with E-state index in [1.807, 2.05) is 34.4 Å². The van der Waals surface area contributed by atoms with E-state index in [4.69, 9.17) is 4.98 Å². The molecular formula is C19H15N9OS. The minimum atomic E-state index is -0.138. The van der Waals surface area contributed by atoms with Crippen LogP contribution in [-0.2, 0) is 20.1 Å². The lowest BCUT2D eigenvalue weighted by molar-refractivity contribution is 0.647. The molecule has 0 amide bonds. The van der Waals surface area contributed by atoms with Crippen LogP contribution in [0.2, 0.25) is 0 Å². The molecule has 0 aliphatic heterocycles. The molecule has 0 spiro atoms. The van der Waals surface area contributed by atoms with Gasteiger partial charge in [-0.05, 0) is 11.6 Å². The van der Waals surface area contributed by atoms with E-state index < -0.39 is 0 Å². The zero-order valence-electron chi connectivity index (χ0n) is 15.8. The first-order chi connectivity index (χ1) is 14.7. The molecule has 11 heteroatoms. The molecule has 5 aromatic heterocycles. The third kappa shape index (κ3) is 2.48. The molecule has 0 saturated heterocycles. The second-order valence-corrected chi connectivity index (χ2v) is 8.16. The maximum absolute atomic E-state index is 13.2. The lowest BCUT2D eigenvalue weighted by Gasteiger charge is -2.07. The fourth-order valence-corrected chi connectivity index (χ4v) is 4.92. The maximum Gasteiger partial charge on any atom is 0.291 e. The number of aromatic nitrogens is 9. The van der Waals surface area contributed by atoms with Crippen molar-refractivity contribution in [2.45, 2.75) is 13.1 Å². The van der Waals surface area contributed by atoms with E-state index in [0.717, 1.165) is 37.2 Å². The molecule has 0 aliphatic carbocycles. The van der Waals surface area contributed by atoms with Crippen LogP contribution in [0.5, 0.6) is 0 Å². The van der Waals surface area contributed by atoms with Gasteiger partial charge in [0.05, 0.1) is 35.7 Å². The van der Waals surface area contributed by atoms with Crippen LogP contribution in [-0.4, -0.2) is 44.3 Å². The van der Waals surface area contributed by atoms with E-state index >= 15 is 0 Å². The molecule has 0 unspecified atom stereocenters. The van der Waals surface area contributed by atoms with Gasteiger partial charge >= 0.3 is 0 Å². The van der Waals surface area contributed by atoms with E-state index in [1.165, 1.54) is 4.68 Å². The third-order valence-electron chi connectivity index (χ3n) is 5.25. The molecule has 6 rings (SSSR count). The summed E-state index contributed by atoms with van der Waals surface area (Å²) in [6.07, 6.45) is 6.85. The molecule has 1 N–H and O–H groups in total. The Bertz CT molecular complexity index is 1590. The van der Waals surface area contributed by atoms with Gasteiger partial charge in [-0.15, -0.1) is 21.5 Å². The smallest absolute Gasteiger partial charge is 0.291 e. The molecular weight excluding hydrogens is 402 g/mol. The van der Waals surface area contributed by atoms with Crippen LogP contribution in [0, 0.1) is 0 Å². The van der Waals surface area contributed by atoms with Crippen molar-refractivity contribution in [3.05, 3.63) is 64.2 Å². The SMILES string of the molecule is Cn1c2nc(Cn3cnnc3)sc2c2cnn(Cc3cccc4[nH]ncc34)c(=O)c21. The summed E-state index contributed by atoms with van der Waals surface area (Å²) in [5.41, 5.74) is 3.17. The van der Waals surface area contributed by atoms with Crippen LogP contribution in [0.25, 0.3) is 32.2 Å². The van der Waals surface area contributed by atoms with Crippen molar-refractivity contribution in [1.29, 1.82) is 0 Å². The fraction of sp³-hybridized carbons (Fsp3) is 0.158. The van der Waals surface area contributed by atoms with E-state index in [1.54, 1.807) is 36.4 Å². The van der Waals surface area contributed by atoms with Crippen molar-refractivity contribution in [2.75, 3.05) is 0 Å². The Morgan fingerprint density at radius 2 is 1.97 bits per heavy atom. The molecule has 6 aromatic rings. The van der Waals surface area contributed by atoms with Crippen LogP contribution >= 0.6 is 11.3 Å². The zero-order chi connectivity index (χ0) is 20.2. The van der Waals surface area contributed by atoms with Crippen molar-refractivity contribution in [1.82, 2.24) is 44.3 Å². The first-order valence-electron chi connectivity index (χ1n) is 9.26. The first-order valence-corrected chi connectivity index (χ1v) is 10.1. The number of benzene rings is 1. The molecule has 30 heavy (non-hydrogen) atoms. The predicted molar refractivity (Wildman–Crippen MR) is 112 cm³/mol. The van der Waals surface area contributed by atoms with E-state index in [-0.39, 0.29) is 5.56 Å². The summed E-state index contributed by atoms with van der Waals surface area (Å²) in [6, 6.07) is 5.89. The average molecular weight is 417 g/mol. The molecule has 0 aliphatic rings. The molecule has 0 saturated carbocycles. The van der Waals surface area contributed by atoms with Gasteiger partial charge in [-0.3, -0.25) is 9.89 Å². The van der Waals surface area contributed by atoms with Crippen molar-refractivity contribution in [3.8, 4) is 0 Å². The van der Waals surface area contributed by atoms with Crippen LogP contribution in [0.1, 0.15) is 10.6 Å². The number of nitrogens with one attached hydrogen (secondary N) is 1. The minimum Gasteiger partial charge on any atom is -0.323 e. The molecule has 0 fully saturated rings. The number of aryl methyl sites for hydroxylation is 1. The van der Waals surface area contributed by atoms with Crippen LogP contribution < -0.4 is 5.56 Å². The number of hydrogen-bond acceptors (Lipinski definition) is 7. The number of aromatic amines is 1. The number of H-pyrrole nitrogens is 1. The summed E-state index contributed by atoms with van der Waals surface area (Å²) in [5.74, 6) is 0. The Labute approximate surface area is 172 Å². The highest BCUT2D eigenvalue weighted by Gasteiger charge is 2.18. The first kappa shape index (κ1) is 17.0. The molecule has 148 valence electrons. The van der Waals surface area contributed by atoms with Crippen molar-refractivity contribution < 1.29 is 0 Å². The summed E-state index contributed by atoms with van der Waals surface area (Å²) in [4.78, 5) is 18.0. The summed E-state index contributed by atoms with van der Waals surface area (Å²) in [6.45, 7) is 0.962. The van der Waals surface area contributed by atoms with Crippen LogP contribution in [0.15, 0.2) is 48.0 Å². The molecule has 1 aromatic carbocycles. The Kier molecular flexibility index (Phi) is 3.59. The van der Waals surface area contributed by atoms with E-state index in [0.29, 0.717) is 18.6 Å². The largest absolute Gasteiger partial charge is 0.323 e. The van der Waals surface area contributed by atoms with Gasteiger partial charge < -0.3 is 9.13 Å². The number of thiazole rings is 1. The van der Waals surface area contributed by atoms with Crippen LogP contribution in [0.4, 0.5) is 0 Å². The van der Waals surface area contributed by atoms with E-state index in [2.05, 4.69) is 25.5 Å². The summed E-state index contributed by atoms with van der Waals surface area (Å²) >= 11 is 1.56. The Morgan fingerprint density at radius 3 is 2.83 bits per heavy atom. The monoisotopic (exact) mass is 417 g/mol. The number of fused-ring (bicyclic) bond motifs is 4. The Hall–Kier alpha value is -3.86. The van der Waals surface area contributed by atoms with Gasteiger partial charge in [-0.25, -0.2) is 9.67 Å². The minimum absolute atomic E-state index is 0.138. The van der Waals surface area contributed by atoms with E-state index in [9.17, 15) is 4.79 Å². The standard InChI is InChI=1S/C19H15N9OS/c1-26-16-13(17-18(26)24-15(30-17)8-27-9-21-22-10-27)6-23-28(19(16)29)7-11-3-2-4-14-12(11)5-20-25-14/h2-6,9-10H,7-8H2,1H3,(H,20,25). The zero-order valence-corrected chi connectivity index (χ0v) is 16.7. The highest BCUT2D eigenvalue weighted by atomic mass is 32.1. The molecule has 0 atom stereocenters. The van der Waals surface area contributed by atoms with Gasteiger partial charge in [-0.2, -0.15) is 10.2 Å². The van der Waals surface area contributed by atoms with Crippen molar-refractivity contribution >= 4 is 43.5 Å². The Balaban J connectivity index is 1.45. The van der Waals surface area contributed by atoms with Gasteiger partial charge in [0.2, 0.25) is 0 Å². The topological polar surface area (TPSA) is 112 Å². The summed E-state index contributed by atoms with van der Waals surface area (Å²) in [5, 5.41) is 21.9. The summed E-state index contributed by atoms with van der Waals surface area (Å²) < 4.78 is 6.17. The van der Waals surface area contributed by atoms with Crippen LogP contribution in [0.3, 0.4) is 0 Å². The van der Waals surface area contributed by atoms with Gasteiger partial charge in [0.1, 0.15) is 23.2 Å². The van der Waals surface area contributed by atoms with Crippen molar-refractivity contribution in [2.24, 2.45) is 7.05 Å². The third-order valence-corrected chi connectivity index (χ3v) is 6.31. The highest BCUT2D eigenvalue weighted by Crippen LogP contribution is 2.31. The second kappa shape index (κ2) is 6.32. The highest BCUT2D eigenvalue weighted by molar-refractivity contribution is 7.19. The number of rotatable bonds is 4. The molecule has 5 heterocycles. The molecule has 10 nitrogen and oxygen atoms in total. The normalized spacial score (nSPS) is 11.9. The summed E-state index contributed by atoms with van der Waals surface area (Å²) in [7, 11) is 1.87. The van der Waals surface area contributed by atoms with Gasteiger partial charge in [0.25, 0.3) is 5.56 Å². The lowest BCUT2D eigenvalue weighted by Crippen LogP contribution is -2.24. The maximum atomic E-state index is 13.2. The number of nitrogens with zero attached hydrogens (tertiary/aromatic N) is 8. The number of hydrogen-bond donors (Lipinski definition) is 1. The Morgan fingerprint density at radius 1 is 1.10 bits per heavy atom.